The molecular weight excluding hydrogens is 565 g/mol. The van der Waals surface area contributed by atoms with Gasteiger partial charge in [-0.2, -0.15) is 0 Å². The molecule has 6 heteroatoms. The van der Waals surface area contributed by atoms with Crippen molar-refractivity contribution in [1.82, 2.24) is 0 Å². The van der Waals surface area contributed by atoms with E-state index in [0.29, 0.717) is 0 Å². The maximum absolute atomic E-state index is 10.3. The van der Waals surface area contributed by atoms with E-state index in [0.717, 1.165) is 116 Å². The van der Waals surface area contributed by atoms with Gasteiger partial charge >= 0.3 is 211 Å². The van der Waals surface area contributed by atoms with E-state index in [1.165, 1.54) is 17.3 Å². The number of allylic oxidation sites excluding steroid dienone is 4. The molecule has 1 aromatic carbocycles. The van der Waals surface area contributed by atoms with Gasteiger partial charge in [0.05, 0.1) is 0 Å². The van der Waals surface area contributed by atoms with Gasteiger partial charge in [-0.3, -0.25) is 0 Å². The van der Waals surface area contributed by atoms with Gasteiger partial charge in [-0.1, -0.05) is 0 Å². The van der Waals surface area contributed by atoms with E-state index < -0.39 is 0 Å². The van der Waals surface area contributed by atoms with Gasteiger partial charge in [0.1, 0.15) is 0 Å². The van der Waals surface area contributed by atoms with Crippen LogP contribution in [0.3, 0.4) is 0 Å². The van der Waals surface area contributed by atoms with E-state index in [1.54, 1.807) is 0 Å². The molecule has 0 amide bonds. The van der Waals surface area contributed by atoms with E-state index in [2.05, 4.69) is 60.7 Å². The summed E-state index contributed by atoms with van der Waals surface area (Å²) < 4.78 is 24.0. The van der Waals surface area contributed by atoms with Crippen molar-refractivity contribution in [2.45, 2.75) is 120 Å². The fourth-order valence-electron chi connectivity index (χ4n) is 5.08. The number of unbranched alkanes of at least 4 members (excludes halogenated alkanes) is 4. The molecule has 2 fully saturated rings. The molecule has 40 heavy (non-hydrogen) atoms. The molecule has 0 aromatic heterocycles. The fourth-order valence-corrected chi connectivity index (χ4v) is 7.77. The number of nitriles is 1. The van der Waals surface area contributed by atoms with Gasteiger partial charge in [0.2, 0.25) is 0 Å². The van der Waals surface area contributed by atoms with Crippen molar-refractivity contribution >= 4 is 19.4 Å². The van der Waals surface area contributed by atoms with Gasteiger partial charge in [-0.25, -0.2) is 0 Å². The van der Waals surface area contributed by atoms with Crippen LogP contribution in [0.5, 0.6) is 0 Å². The number of hydrogen-bond donors (Lipinski definition) is 0. The molecular formula is C34H51NO4Se. The van der Waals surface area contributed by atoms with E-state index in [-0.39, 0.29) is 31.9 Å². The fraction of sp³-hybridized carbons (Fsp3) is 0.676. The molecule has 0 aliphatic carbocycles. The molecule has 0 spiro atoms. The van der Waals surface area contributed by atoms with Crippen LogP contribution in [0.2, 0.25) is 4.31 Å². The SMILES string of the molecule is N#CC(CCC/C=C/CCCOC1CCCCO1)(CCC/C=C/CCCOC1CCCCO1)[Se]c1ccccc1. The normalized spacial score (nSPS) is 21.5. The summed E-state index contributed by atoms with van der Waals surface area (Å²) in [6.45, 7) is 3.21. The molecule has 2 heterocycles. The predicted molar refractivity (Wildman–Crippen MR) is 164 cm³/mol. The van der Waals surface area contributed by atoms with E-state index in [9.17, 15) is 5.26 Å². The van der Waals surface area contributed by atoms with Gasteiger partial charge in [0.15, 0.2) is 0 Å². The van der Waals surface area contributed by atoms with E-state index in [4.69, 9.17) is 18.9 Å². The summed E-state index contributed by atoms with van der Waals surface area (Å²) in [4.78, 5) is 0. The first-order valence-electron chi connectivity index (χ1n) is 15.7. The summed E-state index contributed by atoms with van der Waals surface area (Å²) in [5, 5.41) is 10.3. The third kappa shape index (κ3) is 14.4. The van der Waals surface area contributed by atoms with Gasteiger partial charge < -0.3 is 0 Å². The summed E-state index contributed by atoms with van der Waals surface area (Å²) in [6, 6.07) is 13.4. The van der Waals surface area contributed by atoms with Crippen LogP contribution in [0.25, 0.3) is 0 Å². The van der Waals surface area contributed by atoms with Crippen molar-refractivity contribution in [3.05, 3.63) is 54.6 Å². The van der Waals surface area contributed by atoms with Crippen LogP contribution in [0.1, 0.15) is 103 Å². The minimum atomic E-state index is -0.238. The Labute approximate surface area is 249 Å². The topological polar surface area (TPSA) is 60.7 Å². The second kappa shape index (κ2) is 21.3. The maximum atomic E-state index is 10.3. The molecule has 5 nitrogen and oxygen atoms in total. The summed E-state index contributed by atoms with van der Waals surface area (Å²) in [6.07, 6.45) is 26.2. The molecule has 3 rings (SSSR count). The average Bonchev–Trinajstić information content (AvgIpc) is 3.00. The number of nitrogens with zero attached hydrogens (tertiary/aromatic N) is 1. The van der Waals surface area contributed by atoms with Crippen molar-refractivity contribution < 1.29 is 18.9 Å². The number of rotatable bonds is 20. The van der Waals surface area contributed by atoms with Crippen molar-refractivity contribution in [2.24, 2.45) is 0 Å². The standard InChI is InChI=1S/C34H51NO4Se/c35-30-34(40-31-20-10-9-11-21-31,24-14-5-1-3-7-16-26-36-32-22-12-18-28-38-32)25-15-6-2-4-8-17-27-37-33-23-13-19-29-39-33/h1-4,9-11,20-21,32-33H,5-8,12-19,22-29H2/b3-1+,4-2+. The van der Waals surface area contributed by atoms with Crippen molar-refractivity contribution in [2.75, 3.05) is 26.4 Å². The predicted octanol–water partition coefficient (Wildman–Crippen LogP) is 7.80. The Bertz CT molecular complexity index is 814. The van der Waals surface area contributed by atoms with Crippen LogP contribution in [-0.2, 0) is 18.9 Å². The molecule has 0 radical (unpaired) electrons. The molecule has 2 atom stereocenters. The number of hydrogen-bond acceptors (Lipinski definition) is 5. The quantitative estimate of drug-likeness (QED) is 0.0850. The van der Waals surface area contributed by atoms with Crippen LogP contribution >= 0.6 is 0 Å². The molecule has 1 aromatic rings. The zero-order chi connectivity index (χ0) is 28.0. The molecule has 0 N–H and O–H groups in total. The molecule has 222 valence electrons. The molecule has 2 unspecified atom stereocenters. The Morgan fingerprint density at radius 2 is 1.25 bits per heavy atom. The van der Waals surface area contributed by atoms with E-state index in [1.807, 2.05) is 0 Å². The van der Waals surface area contributed by atoms with Gasteiger partial charge in [0.25, 0.3) is 0 Å². The van der Waals surface area contributed by atoms with Gasteiger partial charge in [-0.15, -0.1) is 0 Å². The minimum absolute atomic E-state index is 0.0138. The Morgan fingerprint density at radius 3 is 1.70 bits per heavy atom. The average molecular weight is 617 g/mol. The third-order valence-corrected chi connectivity index (χ3v) is 10.3. The molecule has 0 saturated carbocycles. The number of benzene rings is 1. The monoisotopic (exact) mass is 617 g/mol. The number of ether oxygens (including phenoxy) is 4. The Morgan fingerprint density at radius 1 is 0.750 bits per heavy atom. The van der Waals surface area contributed by atoms with Crippen LogP contribution in [0.4, 0.5) is 0 Å². The summed E-state index contributed by atoms with van der Waals surface area (Å²) in [5.41, 5.74) is 0. The summed E-state index contributed by atoms with van der Waals surface area (Å²) >= 11 is 0.146. The summed E-state index contributed by atoms with van der Waals surface area (Å²) in [7, 11) is 0. The third-order valence-electron chi connectivity index (χ3n) is 7.41. The molecule has 0 bridgehead atoms. The van der Waals surface area contributed by atoms with Crippen LogP contribution in [0, 0.1) is 11.3 Å². The Kier molecular flexibility index (Phi) is 17.6. The second-order valence-corrected chi connectivity index (χ2v) is 13.9. The van der Waals surface area contributed by atoms with Crippen LogP contribution in [-0.4, -0.2) is 54.0 Å². The Balaban J connectivity index is 1.31. The molecule has 2 aliphatic rings. The first-order valence-corrected chi connectivity index (χ1v) is 17.4. The van der Waals surface area contributed by atoms with Crippen LogP contribution < -0.4 is 4.46 Å². The van der Waals surface area contributed by atoms with Gasteiger partial charge in [0, 0.05) is 13.2 Å². The Hall–Kier alpha value is -1.45. The zero-order valence-corrected chi connectivity index (χ0v) is 26.2. The van der Waals surface area contributed by atoms with Gasteiger partial charge in [-0.05, 0) is 25.7 Å². The first kappa shape index (κ1) is 33.1. The molecule has 2 aliphatic heterocycles. The molecule has 2 saturated heterocycles. The van der Waals surface area contributed by atoms with Crippen LogP contribution in [0.15, 0.2) is 54.6 Å². The van der Waals surface area contributed by atoms with E-state index >= 15 is 0 Å². The summed E-state index contributed by atoms with van der Waals surface area (Å²) in [5.74, 6) is 0. The van der Waals surface area contributed by atoms with Crippen molar-refractivity contribution in [3.8, 4) is 6.07 Å². The first-order chi connectivity index (χ1) is 19.8. The zero-order valence-electron chi connectivity index (χ0n) is 24.5. The van der Waals surface area contributed by atoms with Crippen molar-refractivity contribution in [3.63, 3.8) is 0 Å². The van der Waals surface area contributed by atoms with Crippen molar-refractivity contribution in [1.29, 1.82) is 5.26 Å². The second-order valence-electron chi connectivity index (χ2n) is 10.9.